The number of rotatable bonds is 6. The van der Waals surface area contributed by atoms with E-state index in [4.69, 9.17) is 4.74 Å². The lowest BCUT2D eigenvalue weighted by Crippen LogP contribution is -2.17. The number of carboxylic acid groups (broad SMARTS) is 1. The van der Waals surface area contributed by atoms with Gasteiger partial charge in [0.1, 0.15) is 0 Å². The standard InChI is InChI=1S/C18H19NO4/c1-2-13-8-9-16(15(12-13)17(20)21)19-18(22)23-11-10-14-6-4-3-5-7-14/h3-9,12H,2,10-11H2,1H3,(H,19,22)(H,20,21). The van der Waals surface area contributed by atoms with E-state index in [1.807, 2.05) is 37.3 Å². The second-order valence-electron chi connectivity index (χ2n) is 5.04. The minimum atomic E-state index is -1.08. The van der Waals surface area contributed by atoms with E-state index < -0.39 is 12.1 Å². The molecule has 120 valence electrons. The lowest BCUT2D eigenvalue weighted by Gasteiger charge is -2.10. The Bertz CT molecular complexity index is 683. The zero-order valence-electron chi connectivity index (χ0n) is 12.9. The van der Waals surface area contributed by atoms with E-state index in [0.29, 0.717) is 6.42 Å². The average molecular weight is 313 g/mol. The molecule has 0 aliphatic carbocycles. The third-order valence-electron chi connectivity index (χ3n) is 3.43. The summed E-state index contributed by atoms with van der Waals surface area (Å²) in [7, 11) is 0. The SMILES string of the molecule is CCc1ccc(NC(=O)OCCc2ccccc2)c(C(=O)O)c1. The number of aryl methyl sites for hydroxylation is 1. The molecule has 2 N–H and O–H groups in total. The Morgan fingerprint density at radius 1 is 1.09 bits per heavy atom. The van der Waals surface area contributed by atoms with Crippen LogP contribution in [0.2, 0.25) is 0 Å². The van der Waals surface area contributed by atoms with Gasteiger partial charge in [0.05, 0.1) is 17.9 Å². The Morgan fingerprint density at radius 3 is 2.48 bits per heavy atom. The van der Waals surface area contributed by atoms with Gasteiger partial charge in [-0.2, -0.15) is 0 Å². The van der Waals surface area contributed by atoms with Crippen LogP contribution in [0.15, 0.2) is 48.5 Å². The van der Waals surface area contributed by atoms with E-state index in [1.54, 1.807) is 18.2 Å². The lowest BCUT2D eigenvalue weighted by molar-refractivity contribution is 0.0698. The highest BCUT2D eigenvalue weighted by Gasteiger charge is 2.13. The summed E-state index contributed by atoms with van der Waals surface area (Å²) in [6.07, 6.45) is 0.671. The number of benzene rings is 2. The first-order chi connectivity index (χ1) is 11.1. The van der Waals surface area contributed by atoms with Gasteiger partial charge in [-0.3, -0.25) is 5.32 Å². The minimum Gasteiger partial charge on any atom is -0.478 e. The van der Waals surface area contributed by atoms with Crippen LogP contribution in [0.1, 0.15) is 28.4 Å². The molecular formula is C18H19NO4. The van der Waals surface area contributed by atoms with Gasteiger partial charge in [0.2, 0.25) is 0 Å². The number of anilines is 1. The van der Waals surface area contributed by atoms with Crippen molar-refractivity contribution in [2.75, 3.05) is 11.9 Å². The van der Waals surface area contributed by atoms with Gasteiger partial charge in [0, 0.05) is 6.42 Å². The van der Waals surface area contributed by atoms with Crippen molar-refractivity contribution >= 4 is 17.7 Å². The molecule has 23 heavy (non-hydrogen) atoms. The second-order valence-corrected chi connectivity index (χ2v) is 5.04. The highest BCUT2D eigenvalue weighted by Crippen LogP contribution is 2.18. The van der Waals surface area contributed by atoms with E-state index in [0.717, 1.165) is 17.5 Å². The molecule has 0 bridgehead atoms. The van der Waals surface area contributed by atoms with Gasteiger partial charge in [-0.25, -0.2) is 9.59 Å². The van der Waals surface area contributed by atoms with Crippen LogP contribution in [0, 0.1) is 0 Å². The molecule has 2 aromatic rings. The van der Waals surface area contributed by atoms with Crippen LogP contribution in [0.5, 0.6) is 0 Å². The van der Waals surface area contributed by atoms with Gasteiger partial charge in [-0.05, 0) is 29.7 Å². The highest BCUT2D eigenvalue weighted by molar-refractivity contribution is 5.98. The molecule has 0 aliphatic rings. The summed E-state index contributed by atoms with van der Waals surface area (Å²) in [4.78, 5) is 23.1. The molecule has 0 radical (unpaired) electrons. The zero-order valence-corrected chi connectivity index (χ0v) is 12.9. The van der Waals surface area contributed by atoms with Gasteiger partial charge >= 0.3 is 12.1 Å². The number of aromatic carboxylic acids is 1. The van der Waals surface area contributed by atoms with Crippen molar-refractivity contribution in [2.45, 2.75) is 19.8 Å². The van der Waals surface area contributed by atoms with Crippen LogP contribution >= 0.6 is 0 Å². The van der Waals surface area contributed by atoms with Crippen LogP contribution < -0.4 is 5.32 Å². The van der Waals surface area contributed by atoms with E-state index in [2.05, 4.69) is 5.32 Å². The van der Waals surface area contributed by atoms with E-state index in [9.17, 15) is 14.7 Å². The average Bonchev–Trinajstić information content (AvgIpc) is 2.56. The fourth-order valence-electron chi connectivity index (χ4n) is 2.15. The Morgan fingerprint density at radius 2 is 1.83 bits per heavy atom. The molecule has 0 heterocycles. The highest BCUT2D eigenvalue weighted by atomic mass is 16.5. The van der Waals surface area contributed by atoms with Gasteiger partial charge < -0.3 is 9.84 Å². The molecule has 5 nitrogen and oxygen atoms in total. The predicted octanol–water partition coefficient (Wildman–Crippen LogP) is 3.74. The summed E-state index contributed by atoms with van der Waals surface area (Å²) < 4.78 is 5.10. The van der Waals surface area contributed by atoms with Crippen LogP contribution in [0.25, 0.3) is 0 Å². The Kier molecular flexibility index (Phi) is 5.74. The summed E-state index contributed by atoms with van der Waals surface area (Å²) in [6.45, 7) is 2.16. The molecule has 0 saturated heterocycles. The maximum Gasteiger partial charge on any atom is 0.411 e. The smallest absolute Gasteiger partial charge is 0.411 e. The van der Waals surface area contributed by atoms with Gasteiger partial charge in [-0.15, -0.1) is 0 Å². The maximum absolute atomic E-state index is 11.8. The van der Waals surface area contributed by atoms with Crippen molar-refractivity contribution in [1.82, 2.24) is 0 Å². The fraction of sp³-hybridized carbons (Fsp3) is 0.222. The molecule has 0 unspecified atom stereocenters. The molecule has 5 heteroatoms. The molecule has 0 aromatic heterocycles. The van der Waals surface area contributed by atoms with Gasteiger partial charge in [0.25, 0.3) is 0 Å². The Balaban J connectivity index is 1.93. The fourth-order valence-corrected chi connectivity index (χ4v) is 2.15. The van der Waals surface area contributed by atoms with Gasteiger partial charge in [-0.1, -0.05) is 43.3 Å². The summed E-state index contributed by atoms with van der Waals surface area (Å²) in [5.41, 5.74) is 2.26. The summed E-state index contributed by atoms with van der Waals surface area (Å²) in [5.74, 6) is -1.08. The maximum atomic E-state index is 11.8. The van der Waals surface area contributed by atoms with Crippen molar-refractivity contribution < 1.29 is 19.4 Å². The van der Waals surface area contributed by atoms with E-state index >= 15 is 0 Å². The molecular weight excluding hydrogens is 294 g/mol. The van der Waals surface area contributed by atoms with E-state index in [1.165, 1.54) is 0 Å². The van der Waals surface area contributed by atoms with Gasteiger partial charge in [0.15, 0.2) is 0 Å². The number of hydrogen-bond donors (Lipinski definition) is 2. The van der Waals surface area contributed by atoms with E-state index in [-0.39, 0.29) is 17.9 Å². The number of ether oxygens (including phenoxy) is 1. The molecule has 0 spiro atoms. The Labute approximate surface area is 134 Å². The minimum absolute atomic E-state index is 0.0596. The van der Waals surface area contributed by atoms with Crippen molar-refractivity contribution in [2.24, 2.45) is 0 Å². The Hall–Kier alpha value is -2.82. The third kappa shape index (κ3) is 4.85. The summed E-state index contributed by atoms with van der Waals surface area (Å²) in [5, 5.41) is 11.7. The molecule has 2 rings (SSSR count). The monoisotopic (exact) mass is 313 g/mol. The predicted molar refractivity (Wildman–Crippen MR) is 87.9 cm³/mol. The van der Waals surface area contributed by atoms with Crippen molar-refractivity contribution in [1.29, 1.82) is 0 Å². The topological polar surface area (TPSA) is 75.6 Å². The largest absolute Gasteiger partial charge is 0.478 e. The quantitative estimate of drug-likeness (QED) is 0.852. The molecule has 2 aromatic carbocycles. The zero-order chi connectivity index (χ0) is 16.7. The second kappa shape index (κ2) is 7.98. The number of amides is 1. The normalized spacial score (nSPS) is 10.1. The molecule has 0 fully saturated rings. The number of carboxylic acids is 1. The van der Waals surface area contributed by atoms with Crippen LogP contribution in [0.4, 0.5) is 10.5 Å². The molecule has 0 aliphatic heterocycles. The third-order valence-corrected chi connectivity index (χ3v) is 3.43. The number of hydrogen-bond acceptors (Lipinski definition) is 3. The van der Waals surface area contributed by atoms with Crippen LogP contribution in [-0.4, -0.2) is 23.8 Å². The van der Waals surface area contributed by atoms with Crippen LogP contribution in [0.3, 0.4) is 0 Å². The van der Waals surface area contributed by atoms with Crippen LogP contribution in [-0.2, 0) is 17.6 Å². The first-order valence-electron chi connectivity index (χ1n) is 7.44. The number of carbonyl (C=O) groups excluding carboxylic acids is 1. The molecule has 1 amide bonds. The number of carbonyl (C=O) groups is 2. The lowest BCUT2D eigenvalue weighted by atomic mass is 10.1. The molecule has 0 saturated carbocycles. The van der Waals surface area contributed by atoms with Crippen molar-refractivity contribution in [3.8, 4) is 0 Å². The number of nitrogens with one attached hydrogen (secondary N) is 1. The first-order valence-corrected chi connectivity index (χ1v) is 7.44. The summed E-state index contributed by atoms with van der Waals surface area (Å²) in [6, 6.07) is 14.6. The molecule has 0 atom stereocenters. The van der Waals surface area contributed by atoms with Crippen molar-refractivity contribution in [3.05, 3.63) is 65.2 Å². The first kappa shape index (κ1) is 16.5. The summed E-state index contributed by atoms with van der Waals surface area (Å²) >= 11 is 0. The van der Waals surface area contributed by atoms with Crippen molar-refractivity contribution in [3.63, 3.8) is 0 Å².